The average Bonchev–Trinajstić information content (AvgIpc) is 2.60. The standard InChI is InChI=1S/C14H21NS/c1-14(2)8-9-15(12-14)10-11-16-13-6-4-3-5-7-13/h3-7H,8-12H2,1-2H3. The summed E-state index contributed by atoms with van der Waals surface area (Å²) in [7, 11) is 0. The van der Waals surface area contributed by atoms with Crippen molar-refractivity contribution in [2.45, 2.75) is 25.2 Å². The third kappa shape index (κ3) is 3.53. The van der Waals surface area contributed by atoms with Crippen molar-refractivity contribution in [2.75, 3.05) is 25.4 Å². The highest BCUT2D eigenvalue weighted by Crippen LogP contribution is 2.29. The Hall–Kier alpha value is -0.470. The van der Waals surface area contributed by atoms with Crippen molar-refractivity contribution in [3.05, 3.63) is 30.3 Å². The highest BCUT2D eigenvalue weighted by atomic mass is 32.2. The molecule has 0 spiro atoms. The molecule has 0 radical (unpaired) electrons. The minimum atomic E-state index is 0.539. The van der Waals surface area contributed by atoms with E-state index in [1.165, 1.54) is 36.7 Å². The van der Waals surface area contributed by atoms with Gasteiger partial charge in [-0.25, -0.2) is 0 Å². The van der Waals surface area contributed by atoms with Gasteiger partial charge in [0.1, 0.15) is 0 Å². The summed E-state index contributed by atoms with van der Waals surface area (Å²) < 4.78 is 0. The van der Waals surface area contributed by atoms with E-state index in [2.05, 4.69) is 49.1 Å². The van der Waals surface area contributed by atoms with Crippen LogP contribution in [0.3, 0.4) is 0 Å². The molecule has 2 heteroatoms. The van der Waals surface area contributed by atoms with Crippen molar-refractivity contribution in [1.82, 2.24) is 4.90 Å². The number of thioether (sulfide) groups is 1. The summed E-state index contributed by atoms with van der Waals surface area (Å²) in [5, 5.41) is 0. The molecule has 1 aromatic rings. The predicted molar refractivity (Wildman–Crippen MR) is 72.0 cm³/mol. The van der Waals surface area contributed by atoms with Crippen LogP contribution in [-0.4, -0.2) is 30.3 Å². The average molecular weight is 235 g/mol. The number of hydrogen-bond acceptors (Lipinski definition) is 2. The van der Waals surface area contributed by atoms with E-state index in [-0.39, 0.29) is 0 Å². The lowest BCUT2D eigenvalue weighted by Crippen LogP contribution is -2.25. The lowest BCUT2D eigenvalue weighted by atomic mass is 9.93. The lowest BCUT2D eigenvalue weighted by Gasteiger charge is -2.19. The SMILES string of the molecule is CC1(C)CCN(CCSc2ccccc2)C1. The molecule has 0 N–H and O–H groups in total. The van der Waals surface area contributed by atoms with E-state index >= 15 is 0 Å². The summed E-state index contributed by atoms with van der Waals surface area (Å²) in [6.45, 7) is 8.52. The fourth-order valence-electron chi connectivity index (χ4n) is 2.22. The Bertz CT molecular complexity index is 321. The van der Waals surface area contributed by atoms with Crippen molar-refractivity contribution >= 4 is 11.8 Å². The van der Waals surface area contributed by atoms with Gasteiger partial charge in [-0.1, -0.05) is 32.0 Å². The quantitative estimate of drug-likeness (QED) is 0.735. The maximum atomic E-state index is 2.59. The third-order valence-electron chi connectivity index (χ3n) is 3.18. The van der Waals surface area contributed by atoms with E-state index < -0.39 is 0 Å². The molecule has 2 rings (SSSR count). The van der Waals surface area contributed by atoms with Gasteiger partial charge in [-0.05, 0) is 30.5 Å². The van der Waals surface area contributed by atoms with Gasteiger partial charge in [0.2, 0.25) is 0 Å². The molecule has 1 aromatic carbocycles. The maximum Gasteiger partial charge on any atom is 0.0108 e. The highest BCUT2D eigenvalue weighted by Gasteiger charge is 2.28. The first kappa shape index (κ1) is 12.0. The molecule has 0 atom stereocenters. The van der Waals surface area contributed by atoms with E-state index in [1.807, 2.05) is 11.8 Å². The van der Waals surface area contributed by atoms with Gasteiger partial charge in [0, 0.05) is 23.7 Å². The van der Waals surface area contributed by atoms with E-state index in [1.54, 1.807) is 0 Å². The van der Waals surface area contributed by atoms with Crippen molar-refractivity contribution in [3.8, 4) is 0 Å². The summed E-state index contributed by atoms with van der Waals surface area (Å²) >= 11 is 1.97. The molecule has 88 valence electrons. The van der Waals surface area contributed by atoms with Crippen molar-refractivity contribution < 1.29 is 0 Å². The highest BCUT2D eigenvalue weighted by molar-refractivity contribution is 7.99. The minimum absolute atomic E-state index is 0.539. The van der Waals surface area contributed by atoms with E-state index in [9.17, 15) is 0 Å². The van der Waals surface area contributed by atoms with E-state index in [4.69, 9.17) is 0 Å². The maximum absolute atomic E-state index is 2.59. The van der Waals surface area contributed by atoms with Crippen LogP contribution in [0.2, 0.25) is 0 Å². The van der Waals surface area contributed by atoms with Gasteiger partial charge >= 0.3 is 0 Å². The Balaban J connectivity index is 1.70. The molecule has 16 heavy (non-hydrogen) atoms. The Morgan fingerprint density at radius 2 is 2.00 bits per heavy atom. The molecule has 0 aromatic heterocycles. The number of rotatable bonds is 4. The zero-order valence-electron chi connectivity index (χ0n) is 10.3. The second-order valence-electron chi connectivity index (χ2n) is 5.35. The molecule has 0 saturated carbocycles. The fraction of sp³-hybridized carbons (Fsp3) is 0.571. The number of hydrogen-bond donors (Lipinski definition) is 0. The minimum Gasteiger partial charge on any atom is -0.302 e. The largest absolute Gasteiger partial charge is 0.302 e. The molecular formula is C14H21NS. The van der Waals surface area contributed by atoms with Crippen LogP contribution in [0.5, 0.6) is 0 Å². The second-order valence-corrected chi connectivity index (χ2v) is 6.52. The molecule has 1 aliphatic heterocycles. The summed E-state index contributed by atoms with van der Waals surface area (Å²) in [5.41, 5.74) is 0.539. The van der Waals surface area contributed by atoms with Crippen LogP contribution in [0, 0.1) is 5.41 Å². The number of nitrogens with zero attached hydrogens (tertiary/aromatic N) is 1. The molecule has 1 nitrogen and oxygen atoms in total. The monoisotopic (exact) mass is 235 g/mol. The molecular weight excluding hydrogens is 214 g/mol. The summed E-state index contributed by atoms with van der Waals surface area (Å²) in [4.78, 5) is 3.98. The molecule has 1 fully saturated rings. The number of benzene rings is 1. The normalized spacial score (nSPS) is 20.1. The predicted octanol–water partition coefficient (Wildman–Crippen LogP) is 3.51. The van der Waals surface area contributed by atoms with E-state index in [0.29, 0.717) is 5.41 Å². The summed E-state index contributed by atoms with van der Waals surface area (Å²) in [5.74, 6) is 1.21. The van der Waals surface area contributed by atoms with Gasteiger partial charge in [-0.2, -0.15) is 0 Å². The van der Waals surface area contributed by atoms with Gasteiger partial charge in [0.15, 0.2) is 0 Å². The van der Waals surface area contributed by atoms with Crippen LogP contribution in [0.15, 0.2) is 35.2 Å². The third-order valence-corrected chi connectivity index (χ3v) is 4.17. The molecule has 1 saturated heterocycles. The molecule has 0 unspecified atom stereocenters. The van der Waals surface area contributed by atoms with Crippen LogP contribution in [0.4, 0.5) is 0 Å². The first-order valence-corrected chi connectivity index (χ1v) is 7.04. The van der Waals surface area contributed by atoms with E-state index in [0.717, 1.165) is 0 Å². The van der Waals surface area contributed by atoms with Crippen molar-refractivity contribution in [1.29, 1.82) is 0 Å². The summed E-state index contributed by atoms with van der Waals surface area (Å²) in [6.07, 6.45) is 1.35. The van der Waals surface area contributed by atoms with Crippen LogP contribution in [0.1, 0.15) is 20.3 Å². The van der Waals surface area contributed by atoms with Crippen LogP contribution < -0.4 is 0 Å². The molecule has 0 amide bonds. The Morgan fingerprint density at radius 3 is 2.62 bits per heavy atom. The first-order chi connectivity index (χ1) is 7.66. The van der Waals surface area contributed by atoms with Gasteiger partial charge in [0.25, 0.3) is 0 Å². The zero-order valence-corrected chi connectivity index (χ0v) is 11.1. The molecule has 1 heterocycles. The lowest BCUT2D eigenvalue weighted by molar-refractivity contribution is 0.305. The van der Waals surface area contributed by atoms with Crippen LogP contribution in [-0.2, 0) is 0 Å². The van der Waals surface area contributed by atoms with Gasteiger partial charge in [-0.15, -0.1) is 11.8 Å². The van der Waals surface area contributed by atoms with Gasteiger partial charge in [0.05, 0.1) is 0 Å². The van der Waals surface area contributed by atoms with Gasteiger partial charge in [-0.3, -0.25) is 0 Å². The first-order valence-electron chi connectivity index (χ1n) is 6.06. The van der Waals surface area contributed by atoms with Crippen LogP contribution >= 0.6 is 11.8 Å². The fourth-order valence-corrected chi connectivity index (χ4v) is 3.16. The van der Waals surface area contributed by atoms with Crippen molar-refractivity contribution in [3.63, 3.8) is 0 Å². The smallest absolute Gasteiger partial charge is 0.0108 e. The molecule has 1 aliphatic rings. The number of likely N-dealkylation sites (tertiary alicyclic amines) is 1. The van der Waals surface area contributed by atoms with Crippen molar-refractivity contribution in [2.24, 2.45) is 5.41 Å². The topological polar surface area (TPSA) is 3.24 Å². The summed E-state index contributed by atoms with van der Waals surface area (Å²) in [6, 6.07) is 10.7. The molecule has 0 aliphatic carbocycles. The van der Waals surface area contributed by atoms with Gasteiger partial charge < -0.3 is 4.90 Å². The Morgan fingerprint density at radius 1 is 1.25 bits per heavy atom. The Kier molecular flexibility index (Phi) is 3.93. The Labute approximate surface area is 103 Å². The molecule has 0 bridgehead atoms. The second kappa shape index (κ2) is 5.24. The zero-order chi connectivity index (χ0) is 11.4. The van der Waals surface area contributed by atoms with Crippen LogP contribution in [0.25, 0.3) is 0 Å².